The van der Waals surface area contributed by atoms with Crippen LogP contribution in [0, 0.1) is 0 Å². The van der Waals surface area contributed by atoms with Gasteiger partial charge in [0, 0.05) is 0 Å². The molecule has 28 heavy (non-hydrogen) atoms. The molecule has 4 heteroatoms. The fourth-order valence-corrected chi connectivity index (χ4v) is 17.9. The molecule has 0 radical (unpaired) electrons. The molecule has 0 saturated heterocycles. The summed E-state index contributed by atoms with van der Waals surface area (Å²) >= 11 is 0. The highest BCUT2D eigenvalue weighted by Gasteiger charge is 2.51. The SMILES string of the molecule is CC(C)[Si](O[C@@H]1CCCC[C@H]1O[Si](C(C)C)(C(C)C)C(C)C)(C(C)C)C(C)C. The lowest BCUT2D eigenvalue weighted by Crippen LogP contribution is -2.57. The molecule has 0 bridgehead atoms. The van der Waals surface area contributed by atoms with E-state index in [1.54, 1.807) is 0 Å². The molecule has 0 unspecified atom stereocenters. The third-order valence-electron chi connectivity index (χ3n) is 7.77. The zero-order valence-corrected chi connectivity index (χ0v) is 23.3. The Morgan fingerprint density at radius 2 is 0.679 bits per heavy atom. The van der Waals surface area contributed by atoms with Crippen LogP contribution in [0.25, 0.3) is 0 Å². The first-order valence-corrected chi connectivity index (χ1v) is 16.5. The van der Waals surface area contributed by atoms with Gasteiger partial charge < -0.3 is 8.85 Å². The van der Waals surface area contributed by atoms with Crippen LogP contribution in [0.5, 0.6) is 0 Å². The molecule has 168 valence electrons. The maximum absolute atomic E-state index is 7.30. The minimum atomic E-state index is -1.88. The van der Waals surface area contributed by atoms with Gasteiger partial charge in [0.2, 0.25) is 16.6 Å². The van der Waals surface area contributed by atoms with Crippen molar-refractivity contribution < 1.29 is 8.85 Å². The Kier molecular flexibility index (Phi) is 9.98. The normalized spacial score (nSPS) is 22.5. The van der Waals surface area contributed by atoms with Crippen LogP contribution in [0.4, 0.5) is 0 Å². The molecule has 1 saturated carbocycles. The molecule has 0 amide bonds. The number of hydrogen-bond acceptors (Lipinski definition) is 2. The topological polar surface area (TPSA) is 18.5 Å². The summed E-state index contributed by atoms with van der Waals surface area (Å²) in [6.45, 7) is 28.8. The van der Waals surface area contributed by atoms with Gasteiger partial charge in [0.05, 0.1) is 12.2 Å². The smallest absolute Gasteiger partial charge is 0.200 e. The van der Waals surface area contributed by atoms with Gasteiger partial charge in [0.1, 0.15) is 0 Å². The van der Waals surface area contributed by atoms with E-state index in [-0.39, 0.29) is 0 Å². The van der Waals surface area contributed by atoms with Crippen molar-refractivity contribution in [3.63, 3.8) is 0 Å². The van der Waals surface area contributed by atoms with Gasteiger partial charge in [-0.05, 0) is 46.1 Å². The summed E-state index contributed by atoms with van der Waals surface area (Å²) in [7, 11) is -3.76. The van der Waals surface area contributed by atoms with E-state index < -0.39 is 16.6 Å². The van der Waals surface area contributed by atoms with E-state index in [9.17, 15) is 0 Å². The summed E-state index contributed by atoms with van der Waals surface area (Å²) in [6.07, 6.45) is 5.56. The predicted octanol–water partition coefficient (Wildman–Crippen LogP) is 8.68. The maximum atomic E-state index is 7.30. The minimum absolute atomic E-state index is 0.302. The van der Waals surface area contributed by atoms with Crippen LogP contribution in [-0.4, -0.2) is 28.8 Å². The average molecular weight is 429 g/mol. The second kappa shape index (κ2) is 10.6. The Labute approximate surface area is 179 Å². The average Bonchev–Trinajstić information content (AvgIpc) is 2.56. The van der Waals surface area contributed by atoms with Gasteiger partial charge >= 0.3 is 0 Å². The summed E-state index contributed by atoms with van der Waals surface area (Å²) in [4.78, 5) is 0. The Bertz CT molecular complexity index is 372. The summed E-state index contributed by atoms with van der Waals surface area (Å²) in [5.41, 5.74) is 3.82. The molecule has 1 aliphatic rings. The predicted molar refractivity (Wildman–Crippen MR) is 130 cm³/mol. The van der Waals surface area contributed by atoms with E-state index in [0.717, 1.165) is 0 Å². The van der Waals surface area contributed by atoms with E-state index >= 15 is 0 Å². The van der Waals surface area contributed by atoms with E-state index in [2.05, 4.69) is 83.1 Å². The molecular weight excluding hydrogens is 376 g/mol. The number of hydrogen-bond donors (Lipinski definition) is 0. The van der Waals surface area contributed by atoms with Crippen LogP contribution >= 0.6 is 0 Å². The van der Waals surface area contributed by atoms with E-state index in [4.69, 9.17) is 8.85 Å². The van der Waals surface area contributed by atoms with Gasteiger partial charge in [-0.15, -0.1) is 0 Å². The van der Waals surface area contributed by atoms with Crippen LogP contribution in [-0.2, 0) is 8.85 Å². The second-order valence-electron chi connectivity index (χ2n) is 11.2. The van der Waals surface area contributed by atoms with Crippen molar-refractivity contribution in [1.29, 1.82) is 0 Å². The first kappa shape index (κ1) is 26.4. The van der Waals surface area contributed by atoms with Crippen molar-refractivity contribution in [2.45, 2.75) is 154 Å². The highest BCUT2D eigenvalue weighted by Crippen LogP contribution is 2.47. The van der Waals surface area contributed by atoms with Crippen molar-refractivity contribution in [2.75, 3.05) is 0 Å². The van der Waals surface area contributed by atoms with E-state index in [0.29, 0.717) is 45.5 Å². The van der Waals surface area contributed by atoms with Crippen LogP contribution in [0.1, 0.15) is 109 Å². The first-order chi connectivity index (χ1) is 12.8. The van der Waals surface area contributed by atoms with Gasteiger partial charge in [0.15, 0.2) is 0 Å². The molecule has 0 aromatic carbocycles. The number of rotatable bonds is 10. The Balaban J connectivity index is 3.24. The lowest BCUT2D eigenvalue weighted by Gasteiger charge is -2.50. The van der Waals surface area contributed by atoms with E-state index in [1.165, 1.54) is 25.7 Å². The van der Waals surface area contributed by atoms with Gasteiger partial charge in [0.25, 0.3) is 0 Å². The quantitative estimate of drug-likeness (QED) is 0.324. The molecule has 0 spiro atoms. The minimum Gasteiger partial charge on any atom is -0.411 e. The molecule has 0 aliphatic heterocycles. The monoisotopic (exact) mass is 428 g/mol. The Morgan fingerprint density at radius 1 is 0.464 bits per heavy atom. The summed E-state index contributed by atoms with van der Waals surface area (Å²) in [5, 5.41) is 0. The third-order valence-corrected chi connectivity index (χ3v) is 20.0. The Morgan fingerprint density at radius 3 is 0.857 bits per heavy atom. The molecule has 0 heterocycles. The van der Waals surface area contributed by atoms with Crippen molar-refractivity contribution in [2.24, 2.45) is 0 Å². The maximum Gasteiger partial charge on any atom is 0.200 e. The zero-order chi connectivity index (χ0) is 21.9. The molecule has 2 nitrogen and oxygen atoms in total. The molecular formula is C24H52O2Si2. The molecule has 1 fully saturated rings. The highest BCUT2D eigenvalue weighted by molar-refractivity contribution is 6.78. The van der Waals surface area contributed by atoms with E-state index in [1.807, 2.05) is 0 Å². The lowest BCUT2D eigenvalue weighted by molar-refractivity contribution is 0.00223. The van der Waals surface area contributed by atoms with Gasteiger partial charge in [-0.1, -0.05) is 95.9 Å². The van der Waals surface area contributed by atoms with Crippen molar-refractivity contribution >= 4 is 16.6 Å². The fourth-order valence-electron chi connectivity index (χ4n) is 6.67. The lowest BCUT2D eigenvalue weighted by atomic mass is 9.95. The molecule has 0 aromatic heterocycles. The summed E-state index contributed by atoms with van der Waals surface area (Å²) in [5.74, 6) is 0. The second-order valence-corrected chi connectivity index (χ2v) is 22.0. The summed E-state index contributed by atoms with van der Waals surface area (Å²) < 4.78 is 14.6. The summed E-state index contributed by atoms with van der Waals surface area (Å²) in [6, 6.07) is 0. The molecule has 0 N–H and O–H groups in total. The van der Waals surface area contributed by atoms with Crippen LogP contribution in [0.3, 0.4) is 0 Å². The van der Waals surface area contributed by atoms with Crippen LogP contribution in [0.2, 0.25) is 33.2 Å². The van der Waals surface area contributed by atoms with Gasteiger partial charge in [-0.25, -0.2) is 0 Å². The molecule has 1 aliphatic carbocycles. The molecule has 1 rings (SSSR count). The standard InChI is InChI=1S/C24H52O2Si2/c1-17(2)27(18(3)4,19(5)6)25-23-15-13-14-16-24(23)26-28(20(7)8,21(9)10)22(11)12/h17-24H,13-16H2,1-12H3/t23-,24-/m1/s1. The first-order valence-electron chi connectivity index (χ1n) is 12.2. The van der Waals surface area contributed by atoms with Gasteiger partial charge in [-0.2, -0.15) is 0 Å². The highest BCUT2D eigenvalue weighted by atomic mass is 28.4. The van der Waals surface area contributed by atoms with Crippen molar-refractivity contribution in [3.05, 3.63) is 0 Å². The van der Waals surface area contributed by atoms with Crippen molar-refractivity contribution in [1.82, 2.24) is 0 Å². The van der Waals surface area contributed by atoms with Crippen molar-refractivity contribution in [3.8, 4) is 0 Å². The van der Waals surface area contributed by atoms with Gasteiger partial charge in [-0.3, -0.25) is 0 Å². The zero-order valence-electron chi connectivity index (χ0n) is 21.3. The molecule has 0 aromatic rings. The fraction of sp³-hybridized carbons (Fsp3) is 1.00. The van der Waals surface area contributed by atoms with Crippen LogP contribution < -0.4 is 0 Å². The third kappa shape index (κ3) is 5.15. The Hall–Kier alpha value is 0.354. The van der Waals surface area contributed by atoms with Crippen LogP contribution in [0.15, 0.2) is 0 Å². The molecule has 2 atom stereocenters. The largest absolute Gasteiger partial charge is 0.411 e.